The second-order valence-corrected chi connectivity index (χ2v) is 6.02. The highest BCUT2D eigenvalue weighted by Gasteiger charge is 2.38. The van der Waals surface area contributed by atoms with E-state index in [1.807, 2.05) is 6.07 Å². The molecule has 0 saturated heterocycles. The Morgan fingerprint density at radius 2 is 1.55 bits per heavy atom. The molecule has 2 bridgehead atoms. The number of nitrogens with zero attached hydrogens (tertiary/aromatic N) is 1. The summed E-state index contributed by atoms with van der Waals surface area (Å²) in [5.74, 6) is 1.96. The summed E-state index contributed by atoms with van der Waals surface area (Å²) >= 11 is 0. The van der Waals surface area contributed by atoms with Crippen LogP contribution < -0.4 is 9.47 Å². The van der Waals surface area contributed by atoms with Gasteiger partial charge in [-0.25, -0.2) is 0 Å². The van der Waals surface area contributed by atoms with Crippen molar-refractivity contribution in [1.82, 2.24) is 4.57 Å². The van der Waals surface area contributed by atoms with Gasteiger partial charge in [0.2, 0.25) is 18.6 Å². The van der Waals surface area contributed by atoms with Crippen molar-refractivity contribution in [3.63, 3.8) is 0 Å². The number of rotatable bonds is 1. The van der Waals surface area contributed by atoms with E-state index < -0.39 is 0 Å². The Balaban J connectivity index is 1.72. The molecule has 2 N–H and O–H groups in total. The Hall–Kier alpha value is -2.56. The van der Waals surface area contributed by atoms with Crippen LogP contribution in [0.15, 0.2) is 30.4 Å². The van der Waals surface area contributed by atoms with Crippen molar-refractivity contribution in [2.24, 2.45) is 0 Å². The number of benzene rings is 1. The molecule has 1 aliphatic heterocycles. The van der Waals surface area contributed by atoms with Gasteiger partial charge in [0.15, 0.2) is 11.5 Å². The molecule has 112 valence electrons. The number of aromatic hydroxyl groups is 2. The summed E-state index contributed by atoms with van der Waals surface area (Å²) in [7, 11) is 0. The molecule has 22 heavy (non-hydrogen) atoms. The summed E-state index contributed by atoms with van der Waals surface area (Å²) in [6.07, 6.45) is 6.32. The molecule has 2 aromatic rings. The van der Waals surface area contributed by atoms with E-state index in [2.05, 4.69) is 12.2 Å². The fourth-order valence-corrected chi connectivity index (χ4v) is 3.88. The second kappa shape index (κ2) is 4.00. The van der Waals surface area contributed by atoms with Gasteiger partial charge in [-0.1, -0.05) is 12.2 Å². The average Bonchev–Trinajstić information content (AvgIpc) is 3.12. The van der Waals surface area contributed by atoms with Gasteiger partial charge in [0, 0.05) is 29.0 Å². The molecule has 1 aromatic carbocycles. The van der Waals surface area contributed by atoms with Crippen LogP contribution in [0.5, 0.6) is 23.3 Å². The Morgan fingerprint density at radius 1 is 0.909 bits per heavy atom. The highest BCUT2D eigenvalue weighted by atomic mass is 16.7. The first-order chi connectivity index (χ1) is 10.7. The predicted octanol–water partition coefficient (Wildman–Crippen LogP) is 3.15. The molecule has 3 aliphatic carbocycles. The number of hydrogen-bond acceptors (Lipinski definition) is 4. The smallest absolute Gasteiger partial charge is 0.231 e. The summed E-state index contributed by atoms with van der Waals surface area (Å²) in [5, 5.41) is 21.4. The van der Waals surface area contributed by atoms with Crippen molar-refractivity contribution in [2.75, 3.05) is 6.79 Å². The topological polar surface area (TPSA) is 63.9 Å². The highest BCUT2D eigenvalue weighted by molar-refractivity contribution is 5.61. The molecule has 0 saturated carbocycles. The van der Waals surface area contributed by atoms with Gasteiger partial charge in [-0.05, 0) is 25.0 Å². The van der Waals surface area contributed by atoms with Crippen LogP contribution in [0, 0.1) is 0 Å². The Labute approximate surface area is 127 Å². The molecular weight excluding hydrogens is 282 g/mol. The molecule has 4 aliphatic rings. The van der Waals surface area contributed by atoms with Gasteiger partial charge in [0.25, 0.3) is 0 Å². The minimum absolute atomic E-state index is 0.130. The maximum absolute atomic E-state index is 10.7. The monoisotopic (exact) mass is 297 g/mol. The average molecular weight is 297 g/mol. The van der Waals surface area contributed by atoms with E-state index in [4.69, 9.17) is 9.47 Å². The fourth-order valence-electron chi connectivity index (χ4n) is 3.88. The molecule has 0 fully saturated rings. The van der Waals surface area contributed by atoms with Crippen LogP contribution in [-0.4, -0.2) is 21.6 Å². The predicted molar refractivity (Wildman–Crippen MR) is 79.1 cm³/mol. The normalized spacial score (nSPS) is 23.8. The summed E-state index contributed by atoms with van der Waals surface area (Å²) in [5.41, 5.74) is 2.41. The van der Waals surface area contributed by atoms with Crippen molar-refractivity contribution in [3.05, 3.63) is 41.5 Å². The third-order valence-electron chi connectivity index (χ3n) is 4.92. The zero-order chi connectivity index (χ0) is 14.8. The van der Waals surface area contributed by atoms with Gasteiger partial charge in [-0.15, -0.1) is 0 Å². The number of ether oxygens (including phenoxy) is 2. The summed E-state index contributed by atoms with van der Waals surface area (Å²) < 4.78 is 12.2. The van der Waals surface area contributed by atoms with E-state index in [1.54, 1.807) is 12.1 Å². The van der Waals surface area contributed by atoms with Gasteiger partial charge in [-0.2, -0.15) is 0 Å². The van der Waals surface area contributed by atoms with E-state index in [0.29, 0.717) is 17.2 Å². The molecule has 0 radical (unpaired) electrons. The third-order valence-corrected chi connectivity index (χ3v) is 4.92. The quantitative estimate of drug-likeness (QED) is 0.794. The lowest BCUT2D eigenvalue weighted by atomic mass is 9.73. The van der Waals surface area contributed by atoms with E-state index in [0.717, 1.165) is 24.0 Å². The van der Waals surface area contributed by atoms with Crippen LogP contribution >= 0.6 is 0 Å². The summed E-state index contributed by atoms with van der Waals surface area (Å²) in [4.78, 5) is 0. The van der Waals surface area contributed by atoms with Crippen LogP contribution in [0.1, 0.15) is 35.8 Å². The maximum Gasteiger partial charge on any atom is 0.231 e. The van der Waals surface area contributed by atoms with Gasteiger partial charge < -0.3 is 19.7 Å². The molecule has 1 aromatic heterocycles. The first-order valence-corrected chi connectivity index (χ1v) is 7.49. The first kappa shape index (κ1) is 12.0. The van der Waals surface area contributed by atoms with Crippen LogP contribution in [-0.2, 0) is 0 Å². The Kier molecular flexibility index (Phi) is 2.19. The van der Waals surface area contributed by atoms with E-state index in [1.165, 1.54) is 4.57 Å². The molecule has 5 heteroatoms. The van der Waals surface area contributed by atoms with Crippen molar-refractivity contribution in [1.29, 1.82) is 0 Å². The number of hydrogen-bond donors (Lipinski definition) is 2. The van der Waals surface area contributed by atoms with E-state index in [9.17, 15) is 10.2 Å². The molecular formula is C17H15NO4. The molecule has 0 spiro atoms. The molecule has 5 nitrogen and oxygen atoms in total. The van der Waals surface area contributed by atoms with Gasteiger partial charge in [0.1, 0.15) is 0 Å². The van der Waals surface area contributed by atoms with Crippen molar-refractivity contribution >= 4 is 0 Å². The van der Waals surface area contributed by atoms with Gasteiger partial charge in [-0.3, -0.25) is 4.57 Å². The lowest BCUT2D eigenvalue weighted by Gasteiger charge is -2.30. The maximum atomic E-state index is 10.7. The Bertz CT molecular complexity index is 783. The minimum atomic E-state index is 0.130. The van der Waals surface area contributed by atoms with Crippen molar-refractivity contribution in [2.45, 2.75) is 24.7 Å². The van der Waals surface area contributed by atoms with Crippen LogP contribution in [0.2, 0.25) is 0 Å². The van der Waals surface area contributed by atoms with Crippen LogP contribution in [0.25, 0.3) is 5.69 Å². The first-order valence-electron chi connectivity index (χ1n) is 7.49. The molecule has 2 heterocycles. The van der Waals surface area contributed by atoms with Crippen LogP contribution in [0.3, 0.4) is 0 Å². The zero-order valence-corrected chi connectivity index (χ0v) is 11.8. The van der Waals surface area contributed by atoms with Gasteiger partial charge in [0.05, 0.1) is 5.69 Å². The number of fused-ring (bicyclic) bond motifs is 2. The Morgan fingerprint density at radius 3 is 2.18 bits per heavy atom. The van der Waals surface area contributed by atoms with Crippen LogP contribution in [0.4, 0.5) is 0 Å². The van der Waals surface area contributed by atoms with Crippen molar-refractivity contribution < 1.29 is 19.7 Å². The molecule has 0 unspecified atom stereocenters. The van der Waals surface area contributed by atoms with E-state index in [-0.39, 0.29) is 30.4 Å². The largest absolute Gasteiger partial charge is 0.494 e. The highest BCUT2D eigenvalue weighted by Crippen LogP contribution is 2.54. The molecule has 2 atom stereocenters. The SMILES string of the molecule is Oc1c2c(c(O)n1-c1ccc3c(c1)OCO3)[C@H]1C=C[C@@H]2CC1. The molecule has 0 amide bonds. The number of allylic oxidation sites excluding steroid dienone is 2. The zero-order valence-electron chi connectivity index (χ0n) is 11.8. The molecule has 6 rings (SSSR count). The lowest BCUT2D eigenvalue weighted by Crippen LogP contribution is -2.15. The van der Waals surface area contributed by atoms with Gasteiger partial charge >= 0.3 is 0 Å². The second-order valence-electron chi connectivity index (χ2n) is 6.02. The minimum Gasteiger partial charge on any atom is -0.494 e. The third kappa shape index (κ3) is 1.38. The summed E-state index contributed by atoms with van der Waals surface area (Å²) in [6.45, 7) is 0.201. The fraction of sp³-hybridized carbons (Fsp3) is 0.294. The van der Waals surface area contributed by atoms with Crippen molar-refractivity contribution in [3.8, 4) is 28.9 Å². The lowest BCUT2D eigenvalue weighted by molar-refractivity contribution is 0.174. The van der Waals surface area contributed by atoms with E-state index >= 15 is 0 Å². The standard InChI is InChI=1S/C17H15NO4/c19-16-14-9-1-2-10(4-3-9)15(14)17(20)18(16)11-5-6-12-13(7-11)22-8-21-12/h1-2,5-7,9-10,19-20H,3-4,8H2/t9-,10+. The number of aromatic nitrogens is 1. The summed E-state index contributed by atoms with van der Waals surface area (Å²) in [6, 6.07) is 5.39.